The molecule has 0 amide bonds. The van der Waals surface area contributed by atoms with Crippen LogP contribution in [0.3, 0.4) is 0 Å². The van der Waals surface area contributed by atoms with Gasteiger partial charge >= 0.3 is 0 Å². The molecule has 8 heteroatoms. The van der Waals surface area contributed by atoms with Crippen molar-refractivity contribution in [1.82, 2.24) is 20.1 Å². The van der Waals surface area contributed by atoms with E-state index >= 15 is 0 Å². The molecule has 1 aliphatic heterocycles. The third-order valence-electron chi connectivity index (χ3n) is 4.06. The first-order chi connectivity index (χ1) is 12.2. The van der Waals surface area contributed by atoms with Gasteiger partial charge in [-0.2, -0.15) is 0 Å². The second kappa shape index (κ2) is 7.87. The van der Waals surface area contributed by atoms with Crippen LogP contribution < -0.4 is 20.1 Å². The van der Waals surface area contributed by atoms with E-state index < -0.39 is 0 Å². The van der Waals surface area contributed by atoms with Gasteiger partial charge in [-0.25, -0.2) is 4.99 Å². The number of aliphatic imine (C=N–C) groups is 1. The molecule has 1 aromatic carbocycles. The van der Waals surface area contributed by atoms with Crippen molar-refractivity contribution in [3.63, 3.8) is 0 Å². The quantitative estimate of drug-likeness (QED) is 0.614. The summed E-state index contributed by atoms with van der Waals surface area (Å²) in [5.41, 5.74) is 0.865. The standard InChI is InChI=1S/C17H24N6O2/c1-4-18-17(19-11-16-22-21-15-6-5-9-23(15)16)20-12-7-8-13(24-2)14(10-12)25-3/h7-8,10H,4-6,9,11H2,1-3H3,(H2,18,19,20). The van der Waals surface area contributed by atoms with Crippen molar-refractivity contribution >= 4 is 11.6 Å². The Labute approximate surface area is 147 Å². The SMILES string of the molecule is CCNC(=NCc1nnc2n1CCC2)Nc1ccc(OC)c(OC)c1. The average molecular weight is 344 g/mol. The van der Waals surface area contributed by atoms with Crippen LogP contribution in [0, 0.1) is 0 Å². The molecule has 25 heavy (non-hydrogen) atoms. The van der Waals surface area contributed by atoms with Crippen LogP contribution in [0.2, 0.25) is 0 Å². The molecule has 0 unspecified atom stereocenters. The lowest BCUT2D eigenvalue weighted by Gasteiger charge is -2.13. The van der Waals surface area contributed by atoms with Gasteiger partial charge in [0.1, 0.15) is 12.4 Å². The molecule has 0 bridgehead atoms. The number of rotatable bonds is 6. The molecule has 3 rings (SSSR count). The zero-order valence-electron chi connectivity index (χ0n) is 14.9. The number of methoxy groups -OCH3 is 2. The summed E-state index contributed by atoms with van der Waals surface area (Å²) in [7, 11) is 3.24. The Balaban J connectivity index is 1.74. The molecule has 1 aromatic heterocycles. The number of nitrogens with zero attached hydrogens (tertiary/aromatic N) is 4. The van der Waals surface area contributed by atoms with E-state index in [-0.39, 0.29) is 0 Å². The maximum absolute atomic E-state index is 5.34. The molecule has 2 aromatic rings. The molecule has 0 saturated heterocycles. The fourth-order valence-corrected chi connectivity index (χ4v) is 2.84. The summed E-state index contributed by atoms with van der Waals surface area (Å²) in [6, 6.07) is 5.65. The Morgan fingerprint density at radius 3 is 2.84 bits per heavy atom. The van der Waals surface area contributed by atoms with Crippen molar-refractivity contribution in [2.24, 2.45) is 4.99 Å². The van der Waals surface area contributed by atoms with Crippen LogP contribution in [0.4, 0.5) is 5.69 Å². The second-order valence-corrected chi connectivity index (χ2v) is 5.68. The number of anilines is 1. The Morgan fingerprint density at radius 2 is 2.08 bits per heavy atom. The number of ether oxygens (including phenoxy) is 2. The van der Waals surface area contributed by atoms with E-state index in [4.69, 9.17) is 9.47 Å². The molecular weight excluding hydrogens is 320 g/mol. The summed E-state index contributed by atoms with van der Waals surface area (Å²) in [4.78, 5) is 4.63. The minimum absolute atomic E-state index is 0.482. The lowest BCUT2D eigenvalue weighted by atomic mass is 10.3. The molecule has 0 atom stereocenters. The smallest absolute Gasteiger partial charge is 0.196 e. The third kappa shape index (κ3) is 3.84. The van der Waals surface area contributed by atoms with E-state index in [0.29, 0.717) is 24.0 Å². The lowest BCUT2D eigenvalue weighted by molar-refractivity contribution is 0.355. The highest BCUT2D eigenvalue weighted by Gasteiger charge is 2.16. The minimum Gasteiger partial charge on any atom is -0.493 e. The fourth-order valence-electron chi connectivity index (χ4n) is 2.84. The zero-order chi connectivity index (χ0) is 17.6. The third-order valence-corrected chi connectivity index (χ3v) is 4.06. The van der Waals surface area contributed by atoms with Crippen LogP contribution in [0.1, 0.15) is 25.0 Å². The van der Waals surface area contributed by atoms with Crippen molar-refractivity contribution in [1.29, 1.82) is 0 Å². The van der Waals surface area contributed by atoms with Crippen LogP contribution in [-0.4, -0.2) is 41.5 Å². The van der Waals surface area contributed by atoms with Crippen molar-refractivity contribution < 1.29 is 9.47 Å². The number of guanidine groups is 1. The van der Waals surface area contributed by atoms with Crippen LogP contribution in [0.15, 0.2) is 23.2 Å². The van der Waals surface area contributed by atoms with Crippen molar-refractivity contribution in [2.75, 3.05) is 26.1 Å². The van der Waals surface area contributed by atoms with E-state index in [0.717, 1.165) is 43.3 Å². The first-order valence-corrected chi connectivity index (χ1v) is 8.43. The Morgan fingerprint density at radius 1 is 1.24 bits per heavy atom. The monoisotopic (exact) mass is 344 g/mol. The second-order valence-electron chi connectivity index (χ2n) is 5.68. The summed E-state index contributed by atoms with van der Waals surface area (Å²) in [5, 5.41) is 15.0. The molecule has 0 spiro atoms. The molecule has 8 nitrogen and oxygen atoms in total. The number of aromatic nitrogens is 3. The molecule has 0 fully saturated rings. The van der Waals surface area contributed by atoms with Gasteiger partial charge in [0.25, 0.3) is 0 Å². The predicted molar refractivity (Wildman–Crippen MR) is 96.3 cm³/mol. The van der Waals surface area contributed by atoms with Crippen LogP contribution >= 0.6 is 0 Å². The van der Waals surface area contributed by atoms with Gasteiger partial charge in [0.2, 0.25) is 0 Å². The van der Waals surface area contributed by atoms with E-state index in [1.165, 1.54) is 0 Å². The van der Waals surface area contributed by atoms with E-state index in [1.54, 1.807) is 14.2 Å². The van der Waals surface area contributed by atoms with Gasteiger partial charge in [-0.05, 0) is 25.5 Å². The summed E-state index contributed by atoms with van der Waals surface area (Å²) in [6.07, 6.45) is 2.13. The number of nitrogens with one attached hydrogen (secondary N) is 2. The van der Waals surface area contributed by atoms with Crippen molar-refractivity contribution in [3.05, 3.63) is 29.8 Å². The van der Waals surface area contributed by atoms with Gasteiger partial charge in [-0.15, -0.1) is 10.2 Å². The van der Waals surface area contributed by atoms with Gasteiger partial charge in [-0.1, -0.05) is 0 Å². The fraction of sp³-hybridized carbons (Fsp3) is 0.471. The van der Waals surface area contributed by atoms with Crippen molar-refractivity contribution in [3.8, 4) is 11.5 Å². The summed E-state index contributed by atoms with van der Waals surface area (Å²) < 4.78 is 12.8. The van der Waals surface area contributed by atoms with Gasteiger partial charge in [0.05, 0.1) is 14.2 Å². The highest BCUT2D eigenvalue weighted by molar-refractivity contribution is 5.93. The van der Waals surface area contributed by atoms with Crippen LogP contribution in [0.5, 0.6) is 11.5 Å². The molecule has 0 aliphatic carbocycles. The summed E-state index contributed by atoms with van der Waals surface area (Å²) in [6.45, 7) is 4.25. The molecule has 0 radical (unpaired) electrons. The van der Waals surface area contributed by atoms with E-state index in [2.05, 4.69) is 30.4 Å². The Kier molecular flexibility index (Phi) is 5.37. The lowest BCUT2D eigenvalue weighted by Crippen LogP contribution is -2.30. The van der Waals surface area contributed by atoms with Gasteiger partial charge in [0.15, 0.2) is 23.3 Å². The highest BCUT2D eigenvalue weighted by atomic mass is 16.5. The number of hydrogen-bond donors (Lipinski definition) is 2. The largest absolute Gasteiger partial charge is 0.493 e. The van der Waals surface area contributed by atoms with E-state index in [9.17, 15) is 0 Å². The summed E-state index contributed by atoms with van der Waals surface area (Å²) in [5.74, 6) is 4.00. The maximum Gasteiger partial charge on any atom is 0.196 e. The van der Waals surface area contributed by atoms with Crippen LogP contribution in [-0.2, 0) is 19.5 Å². The Bertz CT molecular complexity index is 756. The van der Waals surface area contributed by atoms with Gasteiger partial charge in [0, 0.05) is 31.3 Å². The average Bonchev–Trinajstić information content (AvgIpc) is 3.24. The van der Waals surface area contributed by atoms with Crippen molar-refractivity contribution in [2.45, 2.75) is 32.9 Å². The number of fused-ring (bicyclic) bond motifs is 1. The summed E-state index contributed by atoms with van der Waals surface area (Å²) >= 11 is 0. The highest BCUT2D eigenvalue weighted by Crippen LogP contribution is 2.29. The number of benzene rings is 1. The number of aryl methyl sites for hydroxylation is 1. The first kappa shape index (κ1) is 17.1. The zero-order valence-corrected chi connectivity index (χ0v) is 14.9. The van der Waals surface area contributed by atoms with Crippen LogP contribution in [0.25, 0.3) is 0 Å². The topological polar surface area (TPSA) is 85.6 Å². The molecule has 134 valence electrons. The molecule has 2 N–H and O–H groups in total. The normalized spacial score (nSPS) is 13.5. The molecule has 1 aliphatic rings. The first-order valence-electron chi connectivity index (χ1n) is 8.43. The predicted octanol–water partition coefficient (Wildman–Crippen LogP) is 1.82. The van der Waals surface area contributed by atoms with Gasteiger partial charge in [-0.3, -0.25) is 0 Å². The number of hydrogen-bond acceptors (Lipinski definition) is 5. The molecular formula is C17H24N6O2. The maximum atomic E-state index is 5.34. The minimum atomic E-state index is 0.482. The molecule has 0 saturated carbocycles. The van der Waals surface area contributed by atoms with Gasteiger partial charge < -0.3 is 24.7 Å². The molecule has 2 heterocycles. The Hall–Kier alpha value is -2.77. The van der Waals surface area contributed by atoms with E-state index in [1.807, 2.05) is 25.1 Å².